The average molecular weight is 291 g/mol. The van der Waals surface area contributed by atoms with Gasteiger partial charge in [-0.3, -0.25) is 4.79 Å². The Morgan fingerprint density at radius 2 is 1.95 bits per heavy atom. The van der Waals surface area contributed by atoms with Crippen molar-refractivity contribution in [2.24, 2.45) is 5.73 Å². The lowest BCUT2D eigenvalue weighted by atomic mass is 10.1. The van der Waals surface area contributed by atoms with E-state index in [2.05, 4.69) is 5.32 Å². The first-order chi connectivity index (χ1) is 9.61. The third-order valence-electron chi connectivity index (χ3n) is 2.86. The van der Waals surface area contributed by atoms with Crippen LogP contribution in [-0.4, -0.2) is 13.0 Å². The molecule has 2 aromatic carbocycles. The molecule has 0 bridgehead atoms. The number of methoxy groups -OCH3 is 1. The predicted octanol–water partition coefficient (Wildman–Crippen LogP) is 2.99. The van der Waals surface area contributed by atoms with E-state index in [4.69, 9.17) is 22.1 Å². The number of rotatable bonds is 4. The van der Waals surface area contributed by atoms with E-state index in [1.165, 1.54) is 7.11 Å². The van der Waals surface area contributed by atoms with Gasteiger partial charge < -0.3 is 15.8 Å². The van der Waals surface area contributed by atoms with Crippen molar-refractivity contribution in [3.63, 3.8) is 0 Å². The molecule has 2 rings (SSSR count). The molecule has 0 unspecified atom stereocenters. The number of amides is 1. The van der Waals surface area contributed by atoms with Crippen LogP contribution in [0, 0.1) is 0 Å². The number of hydrogen-bond acceptors (Lipinski definition) is 3. The third-order valence-corrected chi connectivity index (χ3v) is 3.16. The normalized spacial score (nSPS) is 11.8. The molecule has 0 aliphatic carbocycles. The molecule has 0 fully saturated rings. The van der Waals surface area contributed by atoms with Crippen molar-refractivity contribution in [1.82, 2.24) is 0 Å². The molecule has 0 saturated heterocycles. The molecule has 0 saturated carbocycles. The summed E-state index contributed by atoms with van der Waals surface area (Å²) >= 11 is 6.00. The van der Waals surface area contributed by atoms with Crippen molar-refractivity contribution in [1.29, 1.82) is 0 Å². The number of carbonyl (C=O) groups is 1. The van der Waals surface area contributed by atoms with Crippen molar-refractivity contribution in [2.75, 3.05) is 12.4 Å². The van der Waals surface area contributed by atoms with Crippen LogP contribution in [0.25, 0.3) is 0 Å². The second kappa shape index (κ2) is 6.41. The molecule has 2 aromatic rings. The maximum Gasteiger partial charge on any atom is 0.245 e. The van der Waals surface area contributed by atoms with Gasteiger partial charge in [-0.2, -0.15) is 0 Å². The molecule has 0 aromatic heterocycles. The maximum atomic E-state index is 12.1. The molecular formula is C15H15ClN2O2. The van der Waals surface area contributed by atoms with Crippen LogP contribution in [0.2, 0.25) is 5.02 Å². The van der Waals surface area contributed by atoms with Gasteiger partial charge in [-0.25, -0.2) is 0 Å². The van der Waals surface area contributed by atoms with Gasteiger partial charge in [0.05, 0.1) is 12.1 Å². The molecule has 0 heterocycles. The van der Waals surface area contributed by atoms with Crippen molar-refractivity contribution in [3.05, 3.63) is 59.1 Å². The number of nitrogens with two attached hydrogens (primary N) is 1. The van der Waals surface area contributed by atoms with Gasteiger partial charge in [0, 0.05) is 5.69 Å². The molecule has 5 heteroatoms. The molecule has 0 aliphatic rings. The summed E-state index contributed by atoms with van der Waals surface area (Å²) in [6.45, 7) is 0. The minimum atomic E-state index is -0.725. The van der Waals surface area contributed by atoms with Gasteiger partial charge in [0.1, 0.15) is 11.8 Å². The van der Waals surface area contributed by atoms with Crippen LogP contribution in [0.5, 0.6) is 5.75 Å². The Balaban J connectivity index is 2.10. The predicted molar refractivity (Wildman–Crippen MR) is 80.0 cm³/mol. The van der Waals surface area contributed by atoms with Crippen LogP contribution in [0.15, 0.2) is 48.5 Å². The van der Waals surface area contributed by atoms with Crippen LogP contribution < -0.4 is 15.8 Å². The summed E-state index contributed by atoms with van der Waals surface area (Å²) in [5.74, 6) is 0.259. The number of carbonyl (C=O) groups excluding carboxylic acids is 1. The molecule has 0 spiro atoms. The van der Waals surface area contributed by atoms with E-state index in [1.807, 2.05) is 30.3 Å². The van der Waals surface area contributed by atoms with Gasteiger partial charge >= 0.3 is 0 Å². The number of benzene rings is 2. The fourth-order valence-corrected chi connectivity index (χ4v) is 2.03. The Bertz CT molecular complexity index is 602. The SMILES string of the molecule is COc1ccc(NC(=O)[C@@H](N)c2ccccc2)cc1Cl. The standard InChI is InChI=1S/C15H15ClN2O2/c1-20-13-8-7-11(9-12(13)16)18-15(19)14(17)10-5-3-2-4-6-10/h2-9,14H,17H2,1H3,(H,18,19)/t14-/m0/s1. The first kappa shape index (κ1) is 14.4. The third kappa shape index (κ3) is 3.29. The lowest BCUT2D eigenvalue weighted by Crippen LogP contribution is -2.27. The molecule has 4 nitrogen and oxygen atoms in total. The van der Waals surface area contributed by atoms with Crippen molar-refractivity contribution >= 4 is 23.2 Å². The second-order valence-electron chi connectivity index (χ2n) is 4.23. The fraction of sp³-hybridized carbons (Fsp3) is 0.133. The highest BCUT2D eigenvalue weighted by molar-refractivity contribution is 6.32. The molecule has 104 valence electrons. The second-order valence-corrected chi connectivity index (χ2v) is 4.63. The number of anilines is 1. The van der Waals surface area contributed by atoms with E-state index < -0.39 is 6.04 Å². The maximum absolute atomic E-state index is 12.1. The Labute approximate surface area is 122 Å². The van der Waals surface area contributed by atoms with Crippen molar-refractivity contribution < 1.29 is 9.53 Å². The van der Waals surface area contributed by atoms with Gasteiger partial charge in [-0.1, -0.05) is 41.9 Å². The highest BCUT2D eigenvalue weighted by atomic mass is 35.5. The summed E-state index contributed by atoms with van der Waals surface area (Å²) in [6, 6.07) is 13.5. The summed E-state index contributed by atoms with van der Waals surface area (Å²) in [4.78, 5) is 12.1. The lowest BCUT2D eigenvalue weighted by Gasteiger charge is -2.13. The summed E-state index contributed by atoms with van der Waals surface area (Å²) < 4.78 is 5.05. The van der Waals surface area contributed by atoms with Crippen LogP contribution in [0.4, 0.5) is 5.69 Å². The monoisotopic (exact) mass is 290 g/mol. The molecule has 20 heavy (non-hydrogen) atoms. The van der Waals surface area contributed by atoms with E-state index >= 15 is 0 Å². The number of hydrogen-bond donors (Lipinski definition) is 2. The van der Waals surface area contributed by atoms with E-state index in [1.54, 1.807) is 18.2 Å². The van der Waals surface area contributed by atoms with Gasteiger partial charge in [-0.15, -0.1) is 0 Å². The molecule has 1 amide bonds. The Hall–Kier alpha value is -2.04. The quantitative estimate of drug-likeness (QED) is 0.910. The van der Waals surface area contributed by atoms with Gasteiger partial charge in [0.15, 0.2) is 0 Å². The van der Waals surface area contributed by atoms with Crippen LogP contribution in [-0.2, 0) is 4.79 Å². The summed E-state index contributed by atoms with van der Waals surface area (Å²) in [6.07, 6.45) is 0. The van der Waals surface area contributed by atoms with Gasteiger partial charge in [0.2, 0.25) is 5.91 Å². The summed E-state index contributed by atoms with van der Waals surface area (Å²) in [7, 11) is 1.53. The number of halogens is 1. The Morgan fingerprint density at radius 1 is 1.25 bits per heavy atom. The van der Waals surface area contributed by atoms with Crippen molar-refractivity contribution in [2.45, 2.75) is 6.04 Å². The molecule has 1 atom stereocenters. The first-order valence-corrected chi connectivity index (χ1v) is 6.44. The zero-order valence-electron chi connectivity index (χ0n) is 11.0. The van der Waals surface area contributed by atoms with E-state index in [-0.39, 0.29) is 5.91 Å². The lowest BCUT2D eigenvalue weighted by molar-refractivity contribution is -0.117. The smallest absolute Gasteiger partial charge is 0.245 e. The summed E-state index contributed by atoms with van der Waals surface area (Å²) in [5.41, 5.74) is 7.24. The van der Waals surface area contributed by atoms with Crippen LogP contribution in [0.3, 0.4) is 0 Å². The van der Waals surface area contributed by atoms with Gasteiger partial charge in [-0.05, 0) is 23.8 Å². The minimum Gasteiger partial charge on any atom is -0.495 e. The average Bonchev–Trinajstić information content (AvgIpc) is 2.47. The highest BCUT2D eigenvalue weighted by Gasteiger charge is 2.15. The molecule has 0 radical (unpaired) electrons. The van der Waals surface area contributed by atoms with E-state index in [0.717, 1.165) is 5.56 Å². The Kier molecular flexibility index (Phi) is 4.61. The minimum absolute atomic E-state index is 0.294. The molecule has 3 N–H and O–H groups in total. The summed E-state index contributed by atoms with van der Waals surface area (Å²) in [5, 5.41) is 3.16. The van der Waals surface area contributed by atoms with Crippen molar-refractivity contribution in [3.8, 4) is 5.75 Å². The van der Waals surface area contributed by atoms with Crippen LogP contribution in [0.1, 0.15) is 11.6 Å². The zero-order valence-corrected chi connectivity index (χ0v) is 11.7. The zero-order chi connectivity index (χ0) is 14.5. The number of ether oxygens (including phenoxy) is 1. The molecular weight excluding hydrogens is 276 g/mol. The topological polar surface area (TPSA) is 64.3 Å². The Morgan fingerprint density at radius 3 is 2.55 bits per heavy atom. The molecule has 0 aliphatic heterocycles. The number of nitrogens with one attached hydrogen (secondary N) is 1. The van der Waals surface area contributed by atoms with E-state index in [9.17, 15) is 4.79 Å². The fourth-order valence-electron chi connectivity index (χ4n) is 1.78. The first-order valence-electron chi connectivity index (χ1n) is 6.06. The van der Waals surface area contributed by atoms with Crippen LogP contribution >= 0.6 is 11.6 Å². The largest absolute Gasteiger partial charge is 0.495 e. The van der Waals surface area contributed by atoms with Gasteiger partial charge in [0.25, 0.3) is 0 Å². The van der Waals surface area contributed by atoms with E-state index in [0.29, 0.717) is 16.5 Å². The highest BCUT2D eigenvalue weighted by Crippen LogP contribution is 2.27.